The van der Waals surface area contributed by atoms with Gasteiger partial charge in [0.2, 0.25) is 0 Å². The largest absolute Gasteiger partial charge is 0.508 e. The Balaban J connectivity index is 2.45. The number of ether oxygens (including phenoxy) is 1. The number of esters is 1. The van der Waals surface area contributed by atoms with Gasteiger partial charge in [-0.1, -0.05) is 24.3 Å². The first-order valence-electron chi connectivity index (χ1n) is 5.50. The first kappa shape index (κ1) is 11.5. The molecule has 17 heavy (non-hydrogen) atoms. The number of phenols is 1. The number of phenolic OH excluding ortho intramolecular Hbond substituents is 1. The molecule has 3 heteroatoms. The zero-order chi connectivity index (χ0) is 12.3. The Morgan fingerprint density at radius 3 is 2.65 bits per heavy atom. The van der Waals surface area contributed by atoms with E-state index >= 15 is 0 Å². The van der Waals surface area contributed by atoms with Crippen LogP contribution in [0.2, 0.25) is 0 Å². The molecule has 3 nitrogen and oxygen atoms in total. The number of aromatic hydroxyl groups is 1. The highest BCUT2D eigenvalue weighted by Crippen LogP contribution is 2.29. The number of benzene rings is 1. The van der Waals surface area contributed by atoms with E-state index in [9.17, 15) is 9.90 Å². The number of hydrogen-bond donors (Lipinski definition) is 1. The van der Waals surface area contributed by atoms with E-state index < -0.39 is 0 Å². The van der Waals surface area contributed by atoms with E-state index in [1.165, 1.54) is 7.11 Å². The predicted molar refractivity (Wildman–Crippen MR) is 65.4 cm³/mol. The molecule has 1 aliphatic carbocycles. The van der Waals surface area contributed by atoms with Crippen LogP contribution in [0.1, 0.15) is 18.4 Å². The molecule has 0 bridgehead atoms. The SMILES string of the molecule is COC(=O)C1=C(c2ccc(O)cc2)C=CCC1. The van der Waals surface area contributed by atoms with Crippen LogP contribution in [0.4, 0.5) is 0 Å². The van der Waals surface area contributed by atoms with Crippen molar-refractivity contribution < 1.29 is 14.6 Å². The fourth-order valence-corrected chi connectivity index (χ4v) is 1.91. The molecule has 0 fully saturated rings. The normalized spacial score (nSPS) is 14.9. The summed E-state index contributed by atoms with van der Waals surface area (Å²) in [6, 6.07) is 6.81. The molecule has 1 aromatic carbocycles. The van der Waals surface area contributed by atoms with Gasteiger partial charge in [0.1, 0.15) is 5.75 Å². The average Bonchev–Trinajstić information content (AvgIpc) is 2.39. The third-order valence-corrected chi connectivity index (χ3v) is 2.78. The molecule has 1 N–H and O–H groups in total. The van der Waals surface area contributed by atoms with Gasteiger partial charge in [0, 0.05) is 5.57 Å². The highest BCUT2D eigenvalue weighted by Gasteiger charge is 2.17. The molecular weight excluding hydrogens is 216 g/mol. The molecule has 0 aromatic heterocycles. The smallest absolute Gasteiger partial charge is 0.334 e. The van der Waals surface area contributed by atoms with E-state index in [1.807, 2.05) is 12.2 Å². The lowest BCUT2D eigenvalue weighted by molar-refractivity contribution is -0.136. The van der Waals surface area contributed by atoms with Crippen molar-refractivity contribution in [1.29, 1.82) is 0 Å². The molecule has 0 heterocycles. The minimum Gasteiger partial charge on any atom is -0.508 e. The topological polar surface area (TPSA) is 46.5 Å². The van der Waals surface area contributed by atoms with Crippen molar-refractivity contribution in [2.24, 2.45) is 0 Å². The maximum Gasteiger partial charge on any atom is 0.334 e. The molecule has 1 aliphatic rings. The standard InChI is InChI=1S/C14H14O3/c1-17-14(16)13-5-3-2-4-12(13)10-6-8-11(15)9-7-10/h2,4,6-9,15H,3,5H2,1H3. The molecule has 2 rings (SSSR count). The molecule has 0 spiro atoms. The quantitative estimate of drug-likeness (QED) is 0.794. The van der Waals surface area contributed by atoms with Crippen molar-refractivity contribution in [2.75, 3.05) is 7.11 Å². The second-order valence-electron chi connectivity index (χ2n) is 3.87. The van der Waals surface area contributed by atoms with Gasteiger partial charge in [0.05, 0.1) is 7.11 Å². The Bertz CT molecular complexity index is 481. The van der Waals surface area contributed by atoms with E-state index in [4.69, 9.17) is 4.74 Å². The highest BCUT2D eigenvalue weighted by molar-refractivity contribution is 6.00. The van der Waals surface area contributed by atoms with Crippen molar-refractivity contribution in [1.82, 2.24) is 0 Å². The number of carbonyl (C=O) groups is 1. The maximum atomic E-state index is 11.7. The summed E-state index contributed by atoms with van der Waals surface area (Å²) < 4.78 is 4.79. The van der Waals surface area contributed by atoms with Crippen LogP contribution in [0.3, 0.4) is 0 Å². The van der Waals surface area contributed by atoms with Crippen LogP contribution < -0.4 is 0 Å². The van der Waals surface area contributed by atoms with Crippen LogP contribution in [-0.2, 0) is 9.53 Å². The summed E-state index contributed by atoms with van der Waals surface area (Å²) in [6.45, 7) is 0. The first-order valence-corrected chi connectivity index (χ1v) is 5.50. The Labute approximate surface area is 100 Å². The zero-order valence-electron chi connectivity index (χ0n) is 9.64. The number of methoxy groups -OCH3 is 1. The molecule has 0 aliphatic heterocycles. The van der Waals surface area contributed by atoms with Crippen LogP contribution in [0, 0.1) is 0 Å². The van der Waals surface area contributed by atoms with Crippen LogP contribution in [0.5, 0.6) is 5.75 Å². The van der Waals surface area contributed by atoms with Gasteiger partial charge in [0.25, 0.3) is 0 Å². The second-order valence-corrected chi connectivity index (χ2v) is 3.87. The Morgan fingerprint density at radius 1 is 1.29 bits per heavy atom. The molecule has 0 atom stereocenters. The summed E-state index contributed by atoms with van der Waals surface area (Å²) in [5, 5.41) is 9.25. The maximum absolute atomic E-state index is 11.7. The Hall–Kier alpha value is -2.03. The van der Waals surface area contributed by atoms with E-state index in [0.29, 0.717) is 12.0 Å². The molecule has 0 saturated carbocycles. The van der Waals surface area contributed by atoms with Crippen molar-refractivity contribution in [2.45, 2.75) is 12.8 Å². The summed E-state index contributed by atoms with van der Waals surface area (Å²) >= 11 is 0. The first-order chi connectivity index (χ1) is 8.22. The lowest BCUT2D eigenvalue weighted by atomic mass is 9.92. The Morgan fingerprint density at radius 2 is 2.00 bits per heavy atom. The molecule has 0 amide bonds. The van der Waals surface area contributed by atoms with Crippen molar-refractivity contribution >= 4 is 11.5 Å². The minimum absolute atomic E-state index is 0.216. The summed E-state index contributed by atoms with van der Waals surface area (Å²) in [6.07, 6.45) is 5.52. The van der Waals surface area contributed by atoms with Crippen LogP contribution in [0.15, 0.2) is 42.0 Å². The molecule has 0 saturated heterocycles. The number of hydrogen-bond acceptors (Lipinski definition) is 3. The summed E-state index contributed by atoms with van der Waals surface area (Å²) in [5.74, 6) is -0.0637. The fraction of sp³-hybridized carbons (Fsp3) is 0.214. The number of allylic oxidation sites excluding steroid dienone is 3. The van der Waals surface area contributed by atoms with Crippen LogP contribution >= 0.6 is 0 Å². The van der Waals surface area contributed by atoms with Crippen LogP contribution in [-0.4, -0.2) is 18.2 Å². The number of rotatable bonds is 2. The average molecular weight is 230 g/mol. The minimum atomic E-state index is -0.280. The third kappa shape index (κ3) is 2.38. The van der Waals surface area contributed by atoms with Gasteiger partial charge in [0.15, 0.2) is 0 Å². The number of carbonyl (C=O) groups excluding carboxylic acids is 1. The van der Waals surface area contributed by atoms with Gasteiger partial charge in [-0.05, 0) is 36.1 Å². The van der Waals surface area contributed by atoms with E-state index in [0.717, 1.165) is 17.6 Å². The predicted octanol–water partition coefficient (Wildman–Crippen LogP) is 2.67. The van der Waals surface area contributed by atoms with Crippen molar-refractivity contribution in [3.63, 3.8) is 0 Å². The van der Waals surface area contributed by atoms with Crippen molar-refractivity contribution in [3.05, 3.63) is 47.6 Å². The lowest BCUT2D eigenvalue weighted by Crippen LogP contribution is -2.09. The molecule has 1 aromatic rings. The van der Waals surface area contributed by atoms with Gasteiger partial charge < -0.3 is 9.84 Å². The van der Waals surface area contributed by atoms with Gasteiger partial charge in [-0.25, -0.2) is 4.79 Å². The molecular formula is C14H14O3. The molecule has 88 valence electrons. The highest BCUT2D eigenvalue weighted by atomic mass is 16.5. The zero-order valence-corrected chi connectivity index (χ0v) is 9.64. The Kier molecular flexibility index (Phi) is 3.28. The summed E-state index contributed by atoms with van der Waals surface area (Å²) in [7, 11) is 1.39. The van der Waals surface area contributed by atoms with E-state index in [2.05, 4.69) is 0 Å². The molecule has 0 radical (unpaired) electrons. The summed E-state index contributed by atoms with van der Waals surface area (Å²) in [4.78, 5) is 11.7. The van der Waals surface area contributed by atoms with Crippen molar-refractivity contribution in [3.8, 4) is 5.75 Å². The van der Waals surface area contributed by atoms with Gasteiger partial charge in [-0.15, -0.1) is 0 Å². The molecule has 0 unspecified atom stereocenters. The van der Waals surface area contributed by atoms with E-state index in [-0.39, 0.29) is 11.7 Å². The summed E-state index contributed by atoms with van der Waals surface area (Å²) in [5.41, 5.74) is 2.49. The fourth-order valence-electron chi connectivity index (χ4n) is 1.91. The van der Waals surface area contributed by atoms with Gasteiger partial charge in [-0.2, -0.15) is 0 Å². The van der Waals surface area contributed by atoms with Gasteiger partial charge >= 0.3 is 5.97 Å². The lowest BCUT2D eigenvalue weighted by Gasteiger charge is -2.14. The second kappa shape index (κ2) is 4.87. The monoisotopic (exact) mass is 230 g/mol. The van der Waals surface area contributed by atoms with Crippen LogP contribution in [0.25, 0.3) is 5.57 Å². The third-order valence-electron chi connectivity index (χ3n) is 2.78. The van der Waals surface area contributed by atoms with E-state index in [1.54, 1.807) is 24.3 Å². The van der Waals surface area contributed by atoms with Gasteiger partial charge in [-0.3, -0.25) is 0 Å².